The number of hydrogen-bond acceptors (Lipinski definition) is 2. The largest absolute Gasteiger partial charge is 0.372 e. The van der Waals surface area contributed by atoms with Crippen LogP contribution in [-0.2, 0) is 6.54 Å². The molecule has 1 aliphatic heterocycles. The fourth-order valence-electron chi connectivity index (χ4n) is 2.96. The van der Waals surface area contributed by atoms with Crippen molar-refractivity contribution in [3.8, 4) is 0 Å². The first-order chi connectivity index (χ1) is 11.7. The summed E-state index contributed by atoms with van der Waals surface area (Å²) in [5, 5.41) is 3.10. The van der Waals surface area contributed by atoms with Crippen LogP contribution in [0.2, 0.25) is 0 Å². The van der Waals surface area contributed by atoms with Crippen LogP contribution in [0.5, 0.6) is 0 Å². The fraction of sp³-hybridized carbons (Fsp3) is 0.350. The topological polar surface area (TPSA) is 53.6 Å². The number of aliphatic imine (C=N–C) groups is 1. The van der Waals surface area contributed by atoms with Crippen LogP contribution in [0.4, 0.5) is 11.4 Å². The van der Waals surface area contributed by atoms with Gasteiger partial charge in [-0.15, -0.1) is 0 Å². The van der Waals surface area contributed by atoms with Crippen LogP contribution in [0, 0.1) is 5.92 Å². The Morgan fingerprint density at radius 3 is 2.42 bits per heavy atom. The van der Waals surface area contributed by atoms with Gasteiger partial charge in [-0.2, -0.15) is 0 Å². The van der Waals surface area contributed by atoms with Gasteiger partial charge in [0.1, 0.15) is 0 Å². The monoisotopic (exact) mass is 322 g/mol. The molecular weight excluding hydrogens is 296 g/mol. The molecule has 0 aliphatic carbocycles. The number of para-hydroxylation sites is 1. The Morgan fingerprint density at radius 2 is 1.75 bits per heavy atom. The van der Waals surface area contributed by atoms with Crippen LogP contribution in [0.25, 0.3) is 0 Å². The van der Waals surface area contributed by atoms with Gasteiger partial charge in [-0.3, -0.25) is 0 Å². The second kappa shape index (κ2) is 7.86. The summed E-state index contributed by atoms with van der Waals surface area (Å²) in [7, 11) is 0. The summed E-state index contributed by atoms with van der Waals surface area (Å²) in [5.41, 5.74) is 9.37. The Labute approximate surface area is 144 Å². The number of anilines is 2. The van der Waals surface area contributed by atoms with Crippen LogP contribution in [-0.4, -0.2) is 19.0 Å². The normalized spacial score (nSPS) is 16.2. The van der Waals surface area contributed by atoms with E-state index in [4.69, 9.17) is 5.73 Å². The Bertz CT molecular complexity index is 656. The second-order valence-electron chi connectivity index (χ2n) is 6.53. The minimum atomic E-state index is 0.440. The van der Waals surface area contributed by atoms with Gasteiger partial charge in [-0.05, 0) is 48.6 Å². The quantitative estimate of drug-likeness (QED) is 0.664. The molecule has 126 valence electrons. The SMILES string of the molecule is CC1CCN(c2ccc(CN=C(N)Nc3ccccc3)cc2)CC1. The number of nitrogens with zero attached hydrogens (tertiary/aromatic N) is 2. The number of guanidine groups is 1. The fourth-order valence-corrected chi connectivity index (χ4v) is 2.96. The molecule has 0 atom stereocenters. The summed E-state index contributed by atoms with van der Waals surface area (Å²) in [6.07, 6.45) is 2.57. The first-order valence-corrected chi connectivity index (χ1v) is 8.66. The highest BCUT2D eigenvalue weighted by atomic mass is 15.1. The summed E-state index contributed by atoms with van der Waals surface area (Å²) >= 11 is 0. The van der Waals surface area contributed by atoms with Gasteiger partial charge in [0.05, 0.1) is 6.54 Å². The molecule has 3 rings (SSSR count). The molecule has 0 spiro atoms. The molecule has 1 heterocycles. The number of nitrogens with two attached hydrogens (primary N) is 1. The summed E-state index contributed by atoms with van der Waals surface area (Å²) in [5.74, 6) is 1.30. The molecule has 0 unspecified atom stereocenters. The van der Waals surface area contributed by atoms with Gasteiger partial charge < -0.3 is 16.0 Å². The molecular formula is C20H26N4. The number of piperidine rings is 1. The highest BCUT2D eigenvalue weighted by Crippen LogP contribution is 2.23. The van der Waals surface area contributed by atoms with Crippen molar-refractivity contribution in [3.05, 3.63) is 60.2 Å². The van der Waals surface area contributed by atoms with E-state index in [1.165, 1.54) is 24.1 Å². The molecule has 1 saturated heterocycles. The number of hydrogen-bond donors (Lipinski definition) is 2. The highest BCUT2D eigenvalue weighted by molar-refractivity contribution is 5.92. The molecule has 2 aromatic rings. The van der Waals surface area contributed by atoms with Gasteiger partial charge in [-0.25, -0.2) is 4.99 Å². The lowest BCUT2D eigenvalue weighted by atomic mass is 9.99. The third-order valence-corrected chi connectivity index (χ3v) is 4.56. The molecule has 0 aromatic heterocycles. The summed E-state index contributed by atoms with van der Waals surface area (Å²) in [4.78, 5) is 6.88. The van der Waals surface area contributed by atoms with Crippen molar-refractivity contribution in [2.24, 2.45) is 16.6 Å². The van der Waals surface area contributed by atoms with Crippen molar-refractivity contribution in [2.45, 2.75) is 26.3 Å². The van der Waals surface area contributed by atoms with E-state index in [2.05, 4.69) is 46.4 Å². The molecule has 3 N–H and O–H groups in total. The molecule has 0 amide bonds. The van der Waals surface area contributed by atoms with Gasteiger partial charge in [0.15, 0.2) is 5.96 Å². The standard InChI is InChI=1S/C20H26N4/c1-16-11-13-24(14-12-16)19-9-7-17(8-10-19)15-22-20(21)23-18-5-3-2-4-6-18/h2-10,16H,11-15H2,1H3,(H3,21,22,23). The van der Waals surface area contributed by atoms with E-state index in [9.17, 15) is 0 Å². The van der Waals surface area contributed by atoms with Gasteiger partial charge in [0.2, 0.25) is 0 Å². The van der Waals surface area contributed by atoms with Crippen LogP contribution in [0.15, 0.2) is 59.6 Å². The lowest BCUT2D eigenvalue weighted by Crippen LogP contribution is -2.32. The van der Waals surface area contributed by atoms with Gasteiger partial charge in [0.25, 0.3) is 0 Å². The zero-order valence-corrected chi connectivity index (χ0v) is 14.3. The number of benzene rings is 2. The maximum Gasteiger partial charge on any atom is 0.193 e. The first-order valence-electron chi connectivity index (χ1n) is 8.66. The van der Waals surface area contributed by atoms with E-state index in [1.54, 1.807) is 0 Å². The average molecular weight is 322 g/mol. The van der Waals surface area contributed by atoms with Crippen molar-refractivity contribution in [3.63, 3.8) is 0 Å². The van der Waals surface area contributed by atoms with Gasteiger partial charge in [-0.1, -0.05) is 37.3 Å². The molecule has 4 heteroatoms. The molecule has 4 nitrogen and oxygen atoms in total. The highest BCUT2D eigenvalue weighted by Gasteiger charge is 2.15. The van der Waals surface area contributed by atoms with Crippen molar-refractivity contribution in [1.29, 1.82) is 0 Å². The third-order valence-electron chi connectivity index (χ3n) is 4.56. The van der Waals surface area contributed by atoms with E-state index >= 15 is 0 Å². The van der Waals surface area contributed by atoms with Crippen molar-refractivity contribution < 1.29 is 0 Å². The second-order valence-corrected chi connectivity index (χ2v) is 6.53. The smallest absolute Gasteiger partial charge is 0.193 e. The maximum atomic E-state index is 5.94. The lowest BCUT2D eigenvalue weighted by molar-refractivity contribution is 0.438. The Hall–Kier alpha value is -2.49. The Kier molecular flexibility index (Phi) is 5.36. The van der Waals surface area contributed by atoms with E-state index < -0.39 is 0 Å². The molecule has 0 radical (unpaired) electrons. The zero-order valence-electron chi connectivity index (χ0n) is 14.3. The number of nitrogens with one attached hydrogen (secondary N) is 1. The van der Waals surface area contributed by atoms with Crippen molar-refractivity contribution in [2.75, 3.05) is 23.3 Å². The van der Waals surface area contributed by atoms with Crippen LogP contribution < -0.4 is 16.0 Å². The zero-order chi connectivity index (χ0) is 16.8. The van der Waals surface area contributed by atoms with Crippen LogP contribution in [0.1, 0.15) is 25.3 Å². The van der Waals surface area contributed by atoms with E-state index in [1.807, 2.05) is 30.3 Å². The minimum Gasteiger partial charge on any atom is -0.372 e. The van der Waals surface area contributed by atoms with Crippen LogP contribution in [0.3, 0.4) is 0 Å². The van der Waals surface area contributed by atoms with Crippen molar-refractivity contribution >= 4 is 17.3 Å². The minimum absolute atomic E-state index is 0.440. The molecule has 0 bridgehead atoms. The molecule has 0 saturated carbocycles. The maximum absolute atomic E-state index is 5.94. The van der Waals surface area contributed by atoms with E-state index in [0.717, 1.165) is 24.7 Å². The van der Waals surface area contributed by atoms with E-state index in [-0.39, 0.29) is 0 Å². The first kappa shape index (κ1) is 16.4. The summed E-state index contributed by atoms with van der Waals surface area (Å²) in [6, 6.07) is 18.5. The third kappa shape index (κ3) is 4.51. The summed E-state index contributed by atoms with van der Waals surface area (Å²) < 4.78 is 0. The van der Waals surface area contributed by atoms with Gasteiger partial charge in [0, 0.05) is 24.5 Å². The molecule has 1 fully saturated rings. The molecule has 2 aromatic carbocycles. The predicted octanol–water partition coefficient (Wildman–Crippen LogP) is 3.85. The van der Waals surface area contributed by atoms with Crippen molar-refractivity contribution in [1.82, 2.24) is 0 Å². The Balaban J connectivity index is 1.55. The average Bonchev–Trinajstić information content (AvgIpc) is 2.62. The molecule has 24 heavy (non-hydrogen) atoms. The van der Waals surface area contributed by atoms with Crippen LogP contribution >= 0.6 is 0 Å². The molecule has 1 aliphatic rings. The Morgan fingerprint density at radius 1 is 1.08 bits per heavy atom. The number of rotatable bonds is 4. The summed E-state index contributed by atoms with van der Waals surface area (Å²) in [6.45, 7) is 5.24. The van der Waals surface area contributed by atoms with E-state index in [0.29, 0.717) is 12.5 Å². The predicted molar refractivity (Wildman–Crippen MR) is 102 cm³/mol. The van der Waals surface area contributed by atoms with Gasteiger partial charge >= 0.3 is 0 Å². The lowest BCUT2D eigenvalue weighted by Gasteiger charge is -2.32.